The zero-order chi connectivity index (χ0) is 48.3. The number of hydrogen-bond donors (Lipinski definition) is 0. The zero-order valence-electron chi connectivity index (χ0n) is 43.9. The van der Waals surface area contributed by atoms with Gasteiger partial charge < -0.3 is 8.80 Å². The van der Waals surface area contributed by atoms with Crippen molar-refractivity contribution < 1.29 is 4.79 Å². The molecule has 0 amide bonds. The van der Waals surface area contributed by atoms with Gasteiger partial charge in [0.25, 0.3) is 0 Å². The van der Waals surface area contributed by atoms with Crippen LogP contribution >= 0.6 is 0 Å². The van der Waals surface area contributed by atoms with E-state index in [2.05, 4.69) is 177 Å². The second-order valence-electron chi connectivity index (χ2n) is 25.3. The van der Waals surface area contributed by atoms with Crippen molar-refractivity contribution in [1.29, 1.82) is 0 Å². The molecule has 0 saturated heterocycles. The van der Waals surface area contributed by atoms with Crippen molar-refractivity contribution in [3.8, 4) is 0 Å². The summed E-state index contributed by atoms with van der Waals surface area (Å²) in [4.78, 5) is 14.5. The number of benzene rings is 6. The van der Waals surface area contributed by atoms with Crippen LogP contribution in [-0.4, -0.2) is 30.7 Å². The number of fused-ring (bicyclic) bond motifs is 15. The first-order chi connectivity index (χ1) is 33.6. The Kier molecular flexibility index (Phi) is 9.13. The van der Waals surface area contributed by atoms with E-state index in [-0.39, 0.29) is 5.92 Å². The molecular weight excluding hydrogens is 881 g/mol. The Bertz CT molecular complexity index is 3820. The molecule has 70 heavy (non-hydrogen) atoms. The maximum absolute atomic E-state index is 14.5. The highest BCUT2D eigenvalue weighted by Gasteiger charge is 2.47. The average molecular weight is 953 g/mol. The van der Waals surface area contributed by atoms with Crippen LogP contribution in [-0.2, 0) is 0 Å². The summed E-state index contributed by atoms with van der Waals surface area (Å²) in [5.41, 5.74) is 20.2. The van der Waals surface area contributed by atoms with E-state index >= 15 is 0 Å². The van der Waals surface area contributed by atoms with Gasteiger partial charge in [-0.25, -0.2) is 0 Å². The van der Waals surface area contributed by atoms with Crippen LogP contribution in [0.25, 0.3) is 76.2 Å². The fraction of sp³-hybridized carbons (Fsp3) is 0.431. The smallest absolute Gasteiger partial charge is 0.166 e. The summed E-state index contributed by atoms with van der Waals surface area (Å²) >= 11 is 0. The van der Waals surface area contributed by atoms with E-state index in [1.54, 1.807) is 32.6 Å². The third-order valence-electron chi connectivity index (χ3n) is 21.1. The van der Waals surface area contributed by atoms with Gasteiger partial charge in [-0.05, 0) is 136 Å². The van der Waals surface area contributed by atoms with Crippen molar-refractivity contribution in [2.24, 2.45) is 5.92 Å². The van der Waals surface area contributed by atoms with Crippen LogP contribution in [0.5, 0.6) is 0 Å². The molecule has 0 aliphatic heterocycles. The zero-order valence-corrected chi connectivity index (χ0v) is 45.9. The molecule has 1 saturated carbocycles. The van der Waals surface area contributed by atoms with Crippen LogP contribution in [0.3, 0.4) is 0 Å². The molecule has 0 N–H and O–H groups in total. The van der Waals surface area contributed by atoms with E-state index in [0.717, 1.165) is 31.2 Å². The summed E-state index contributed by atoms with van der Waals surface area (Å²) in [5.74, 6) is 1.93. The third-order valence-corrected chi connectivity index (χ3v) is 35.1. The predicted octanol–water partition coefficient (Wildman–Crippen LogP) is 17.6. The summed E-state index contributed by atoms with van der Waals surface area (Å²) in [7, 11) is -4.19. The van der Waals surface area contributed by atoms with Crippen LogP contribution < -0.4 is 10.4 Å². The molecule has 0 radical (unpaired) electrons. The minimum Gasteiger partial charge on any atom is -0.308 e. The minimum atomic E-state index is -2.10. The minimum absolute atomic E-state index is 0.165. The highest BCUT2D eigenvalue weighted by molar-refractivity contribution is 6.96. The number of ketones is 1. The van der Waals surface area contributed by atoms with Crippen molar-refractivity contribution in [3.05, 3.63) is 118 Å². The Morgan fingerprint density at radius 3 is 1.40 bits per heavy atom. The lowest BCUT2D eigenvalue weighted by Gasteiger charge is -2.44. The second kappa shape index (κ2) is 14.6. The maximum atomic E-state index is 14.5. The summed E-state index contributed by atoms with van der Waals surface area (Å²) in [5, 5.41) is 14.5. The second-order valence-corrected chi connectivity index (χ2v) is 37.1. The van der Waals surface area contributed by atoms with Gasteiger partial charge >= 0.3 is 0 Å². The Hall–Kier alpha value is -4.98. The molecule has 6 aliphatic rings. The topological polar surface area (TPSA) is 25.9 Å². The molecule has 2 unspecified atom stereocenters. The monoisotopic (exact) mass is 953 g/mol. The normalized spacial score (nSPS) is 20.7. The lowest BCUT2D eigenvalue weighted by Crippen LogP contribution is -2.55. The number of carbonyl (C=O) groups is 1. The van der Waals surface area contributed by atoms with Crippen LogP contribution in [0.2, 0.25) is 33.2 Å². The summed E-state index contributed by atoms with van der Waals surface area (Å²) in [6.07, 6.45) is 6.81. The quantitative estimate of drug-likeness (QED) is 0.139. The first-order valence-electron chi connectivity index (χ1n) is 27.7. The fourth-order valence-corrected chi connectivity index (χ4v) is 32.4. The third kappa shape index (κ3) is 5.10. The van der Waals surface area contributed by atoms with Gasteiger partial charge in [0.2, 0.25) is 0 Å². The lowest BCUT2D eigenvalue weighted by atomic mass is 9.63. The van der Waals surface area contributed by atoms with Gasteiger partial charge in [-0.3, -0.25) is 4.79 Å². The van der Waals surface area contributed by atoms with Crippen LogP contribution in [0.1, 0.15) is 178 Å². The van der Waals surface area contributed by atoms with E-state index in [1.807, 2.05) is 0 Å². The summed E-state index contributed by atoms with van der Waals surface area (Å²) in [6.45, 7) is 30.4. The number of Topliss-reactive ketones (excluding diaryl/α,β-unsaturated/α-hetero) is 1. The number of hydrogen-bond acceptors (Lipinski definition) is 1. The van der Waals surface area contributed by atoms with Crippen molar-refractivity contribution in [3.63, 3.8) is 0 Å². The Balaban J connectivity index is 1.17. The summed E-state index contributed by atoms with van der Waals surface area (Å²) < 4.78 is 5.36. The summed E-state index contributed by atoms with van der Waals surface area (Å²) in [6, 6.07) is 35.5. The molecule has 10 aromatic rings. The largest absolute Gasteiger partial charge is 0.308 e. The van der Waals surface area contributed by atoms with E-state index in [1.165, 1.54) is 94.6 Å². The lowest BCUT2D eigenvalue weighted by molar-refractivity contribution is 0.0898. The van der Waals surface area contributed by atoms with Gasteiger partial charge in [0, 0.05) is 66.4 Å². The fourth-order valence-electron chi connectivity index (χ4n) is 18.8. The number of rotatable bonds is 8. The number of carbonyl (C=O) groups excluding carboxylic acids is 1. The van der Waals surface area contributed by atoms with Gasteiger partial charge in [0.15, 0.2) is 5.78 Å². The van der Waals surface area contributed by atoms with Crippen molar-refractivity contribution in [2.75, 3.05) is 0 Å². The van der Waals surface area contributed by atoms with Gasteiger partial charge in [-0.1, -0.05) is 148 Å². The molecule has 4 aromatic heterocycles. The molecule has 6 aromatic carbocycles. The number of aromatic nitrogens is 2. The van der Waals surface area contributed by atoms with Crippen molar-refractivity contribution in [2.45, 2.75) is 173 Å². The molecule has 6 aliphatic carbocycles. The molecule has 2 atom stereocenters. The Morgan fingerprint density at radius 2 is 0.857 bits per heavy atom. The molecule has 3 nitrogen and oxygen atoms in total. The van der Waals surface area contributed by atoms with Crippen LogP contribution in [0, 0.1) is 5.92 Å². The van der Waals surface area contributed by atoms with E-state index in [0.29, 0.717) is 56.8 Å². The van der Waals surface area contributed by atoms with Crippen molar-refractivity contribution >= 4 is 108 Å². The SMILES string of the molecule is CC(C)[Si](c1cc2c3cc4c(cc3n3c5cc6c7cc([Si](C(C)C)(C(C)C)C(C)C)cc8c9c%10c(ccc9n(c6cc5c(c1)c23)c78)C1CCC%10c2ccccc21)C(=O)C1CCC4CC1)(C(C)C)C(C)C. The maximum Gasteiger partial charge on any atom is 0.166 e. The number of nitrogens with zero attached hydrogens (tertiary/aromatic N) is 2. The first-order valence-corrected chi connectivity index (χ1v) is 32.2. The van der Waals surface area contributed by atoms with Gasteiger partial charge in [-0.2, -0.15) is 0 Å². The molecule has 0 spiro atoms. The molecule has 1 fully saturated rings. The standard InChI is InChI=1S/C65H72N2OSi2/c1-33(2)69(34(3)4,35(5)6)41-25-52-49-29-48-39-17-19-40(20-18-39)65(68)55(48)32-60(49)67-59-31-51-54-27-42(70(36(7)8,37(9)10)38(11)12)28-56-62-57(66(64(54)56)58(51)30-50(59)53(26-41)63(52)67)24-23-47-45-21-22-46(61(47)62)44-16-14-13-15-43(44)45/h13-16,23-40,45-46H,17-22H2,1-12H3. The van der Waals surface area contributed by atoms with Crippen LogP contribution in [0.15, 0.2) is 84.9 Å². The van der Waals surface area contributed by atoms with E-state index < -0.39 is 16.1 Å². The Morgan fingerprint density at radius 1 is 0.414 bits per heavy atom. The highest BCUT2D eigenvalue weighted by atomic mass is 28.3. The molecule has 4 heterocycles. The van der Waals surface area contributed by atoms with Gasteiger partial charge in [0.1, 0.15) is 0 Å². The molecule has 16 rings (SSSR count). The van der Waals surface area contributed by atoms with Crippen molar-refractivity contribution in [1.82, 2.24) is 8.80 Å². The highest BCUT2D eigenvalue weighted by Crippen LogP contribution is 2.57. The van der Waals surface area contributed by atoms with Gasteiger partial charge in [0.05, 0.1) is 49.2 Å². The average Bonchev–Trinajstić information content (AvgIpc) is 4.01. The molecule has 4 bridgehead atoms. The molecule has 356 valence electrons. The van der Waals surface area contributed by atoms with Gasteiger partial charge in [-0.15, -0.1) is 0 Å². The first kappa shape index (κ1) is 43.8. The molecular formula is C65H72N2OSi2. The van der Waals surface area contributed by atoms with Crippen LogP contribution in [0.4, 0.5) is 0 Å². The van der Waals surface area contributed by atoms with E-state index in [4.69, 9.17) is 0 Å². The predicted molar refractivity (Wildman–Crippen MR) is 306 cm³/mol. The molecule has 5 heteroatoms. The van der Waals surface area contributed by atoms with E-state index in [9.17, 15) is 4.79 Å². The Labute approximate surface area is 416 Å².